The normalized spacial score (nSPS) is 12.4. The van der Waals surface area contributed by atoms with Crippen molar-refractivity contribution in [3.8, 4) is 28.8 Å². The summed E-state index contributed by atoms with van der Waals surface area (Å²) in [6.45, 7) is 3.15. The second-order valence-corrected chi connectivity index (χ2v) is 15.0. The summed E-state index contributed by atoms with van der Waals surface area (Å²) in [5.74, 6) is -1.73. The molecule has 0 saturated carbocycles. The molecule has 0 bridgehead atoms. The Morgan fingerprint density at radius 2 is 1.27 bits per heavy atom. The van der Waals surface area contributed by atoms with E-state index in [0.29, 0.717) is 27.1 Å². The van der Waals surface area contributed by atoms with Gasteiger partial charge in [-0.05, 0) is 74.5 Å². The first-order chi connectivity index (χ1) is 25.3. The predicted molar refractivity (Wildman–Crippen MR) is 190 cm³/mol. The van der Waals surface area contributed by atoms with Crippen LogP contribution in [-0.4, -0.2) is 36.7 Å². The Balaban J connectivity index is 0.000000290. The summed E-state index contributed by atoms with van der Waals surface area (Å²) < 4.78 is 54.7. The molecule has 0 amide bonds. The third kappa shape index (κ3) is 10.9. The molecule has 0 aliphatic heterocycles. The Morgan fingerprint density at radius 3 is 1.80 bits per heavy atom. The number of aryl methyl sites for hydroxylation is 2. The van der Waals surface area contributed by atoms with Crippen molar-refractivity contribution in [1.82, 2.24) is 19.6 Å². The molecule has 1 atom stereocenters. The quantitative estimate of drug-likeness (QED) is 0.149. The van der Waals surface area contributed by atoms with Gasteiger partial charge in [-0.2, -0.15) is 15.3 Å². The van der Waals surface area contributed by atoms with Gasteiger partial charge in [-0.3, -0.25) is 18.9 Å². The number of nitrogens with two attached hydrogens (primary N) is 1. The maximum absolute atomic E-state index is 12.6. The van der Waals surface area contributed by atoms with Gasteiger partial charge in [0.15, 0.2) is 5.69 Å². The number of sulfonamides is 1. The molecule has 6 aromatic rings. The smallest absolute Gasteiger partial charge is 0.871 e. The zero-order valence-corrected chi connectivity index (χ0v) is 35.1. The average molecular weight is 894 g/mol. The average Bonchev–Trinajstić information content (AvgIpc) is 3.55. The van der Waals surface area contributed by atoms with Crippen LogP contribution >= 0.6 is 23.2 Å². The number of nitrogens with zero attached hydrogens (tertiary/aromatic N) is 7. The molecular formula is C32H24Cl2CoN10NaO8S2. The minimum atomic E-state index is -4.26. The zero-order valence-electron chi connectivity index (χ0n) is 29.0. The Hall–Kier alpha value is -4.39. The molecule has 18 nitrogen and oxygen atoms in total. The molecule has 0 fully saturated rings. The van der Waals surface area contributed by atoms with E-state index in [1.165, 1.54) is 4.68 Å². The Bertz CT molecular complexity index is 2760. The molecule has 286 valence electrons. The van der Waals surface area contributed by atoms with Crippen molar-refractivity contribution in [2.24, 2.45) is 25.6 Å². The summed E-state index contributed by atoms with van der Waals surface area (Å²) in [7, 11) is -8.26. The van der Waals surface area contributed by atoms with Gasteiger partial charge >= 0.3 is 46.3 Å². The van der Waals surface area contributed by atoms with Crippen LogP contribution in [0, 0.1) is 18.6 Å². The number of halogens is 2. The van der Waals surface area contributed by atoms with Crippen LogP contribution in [0.3, 0.4) is 0 Å². The number of aromatic amines is 1. The Labute approximate surface area is 361 Å². The molecule has 0 spiro atoms. The van der Waals surface area contributed by atoms with Crippen molar-refractivity contribution in [1.29, 1.82) is 4.78 Å². The van der Waals surface area contributed by atoms with E-state index in [0.717, 1.165) is 41.1 Å². The molecule has 2 aromatic heterocycles. The van der Waals surface area contributed by atoms with Gasteiger partial charge < -0.3 is 19.9 Å². The zero-order chi connectivity index (χ0) is 39.5. The van der Waals surface area contributed by atoms with E-state index in [2.05, 4.69) is 30.7 Å². The summed E-state index contributed by atoms with van der Waals surface area (Å²) in [5, 5.41) is 64.1. The molecule has 6 rings (SSSR count). The van der Waals surface area contributed by atoms with Crippen LogP contribution in [0.5, 0.6) is 17.4 Å². The largest absolute Gasteiger partial charge is 3.00 e. The number of benzene rings is 4. The van der Waals surface area contributed by atoms with Crippen LogP contribution in [0.15, 0.2) is 120 Å². The number of rotatable bonds is 8. The first-order valence-electron chi connectivity index (χ1n) is 14.9. The van der Waals surface area contributed by atoms with Crippen molar-refractivity contribution in [2.45, 2.75) is 23.6 Å². The molecule has 0 aliphatic rings. The fourth-order valence-electron chi connectivity index (χ4n) is 4.55. The molecular weight excluding hydrogens is 869 g/mol. The molecule has 4 N–H and O–H groups in total. The molecule has 0 aliphatic carbocycles. The van der Waals surface area contributed by atoms with E-state index in [4.69, 9.17) is 33.1 Å². The molecule has 24 heteroatoms. The second kappa shape index (κ2) is 18.7. The molecule has 2 heterocycles. The van der Waals surface area contributed by atoms with E-state index >= 15 is 0 Å². The Kier molecular flexibility index (Phi) is 15.4. The van der Waals surface area contributed by atoms with Crippen molar-refractivity contribution in [3.05, 3.63) is 117 Å². The van der Waals surface area contributed by atoms with Crippen LogP contribution in [0.4, 0.5) is 22.7 Å². The summed E-state index contributed by atoms with van der Waals surface area (Å²) in [4.78, 5) is 11.9. The third-order valence-electron chi connectivity index (χ3n) is 7.16. The van der Waals surface area contributed by atoms with Gasteiger partial charge in [0.1, 0.15) is 5.69 Å². The van der Waals surface area contributed by atoms with Crippen molar-refractivity contribution in [3.63, 3.8) is 0 Å². The van der Waals surface area contributed by atoms with Crippen LogP contribution in [-0.2, 0) is 36.8 Å². The standard InChI is InChI=1S/2C16H14ClN5O4S.Co.Na/c2*1-9-15(16(24)22(21-9)11-4-2-3-10(17)7-11)20-19-13-8-12(27(18,25)26)5-6-14(13)23;;/h2-8,23-24H,1H3,(H2,18,25,26);2-8,21,23H,1H3,(H2,18,25,26);;/q;;+3;+1/p-4. The number of hydrogen-bond donors (Lipinski definition) is 3. The summed E-state index contributed by atoms with van der Waals surface area (Å²) in [6.07, 6.45) is 0. The maximum atomic E-state index is 12.6. The Morgan fingerprint density at radius 1 is 0.768 bits per heavy atom. The van der Waals surface area contributed by atoms with E-state index in [1.54, 1.807) is 62.4 Å². The predicted octanol–water partition coefficient (Wildman–Crippen LogP) is 2.20. The SMILES string of the molecule is Cc1[nH]n(-c2cccc(Cl)c2)c(=O)c1N=Nc1cc(S(N)(=O)=O)ccc1[O-].Cc1nn(-c2cccc(Cl)c2)c([O-])c1N=Nc1cc(S(=N)(=O)[O-])ccc1[O-].[Co+3].[Na+]. The number of H-pyrrole nitrogens is 1. The topological polar surface area (TPSA) is 298 Å². The van der Waals surface area contributed by atoms with Gasteiger partial charge in [0, 0.05) is 30.8 Å². The first-order valence-corrected chi connectivity index (χ1v) is 18.7. The van der Waals surface area contributed by atoms with Gasteiger partial charge in [0.2, 0.25) is 10.0 Å². The molecule has 1 unspecified atom stereocenters. The maximum Gasteiger partial charge on any atom is 3.00 e. The monoisotopic (exact) mass is 892 g/mol. The van der Waals surface area contributed by atoms with Gasteiger partial charge in [0.25, 0.3) is 5.56 Å². The van der Waals surface area contributed by atoms with E-state index in [1.807, 2.05) is 0 Å². The van der Waals surface area contributed by atoms with Gasteiger partial charge in [-0.15, -0.1) is 10.2 Å². The molecule has 0 saturated heterocycles. The number of azo groups is 2. The fraction of sp³-hybridized carbons (Fsp3) is 0.0625. The van der Waals surface area contributed by atoms with Crippen molar-refractivity contribution in [2.75, 3.05) is 0 Å². The van der Waals surface area contributed by atoms with E-state index < -0.39 is 47.9 Å². The van der Waals surface area contributed by atoms with Gasteiger partial charge in [-0.1, -0.05) is 59.0 Å². The number of nitrogens with one attached hydrogen (secondary N) is 2. The van der Waals surface area contributed by atoms with Gasteiger partial charge in [-0.25, -0.2) is 22.9 Å². The van der Waals surface area contributed by atoms with Crippen molar-refractivity contribution >= 4 is 66.0 Å². The third-order valence-corrected chi connectivity index (χ3v) is 9.42. The number of aromatic nitrogens is 4. The molecule has 56 heavy (non-hydrogen) atoms. The molecule has 0 radical (unpaired) electrons. The minimum Gasteiger partial charge on any atom is -0.871 e. The fourth-order valence-corrected chi connectivity index (χ4v) is 5.97. The van der Waals surface area contributed by atoms with Crippen LogP contribution in [0.1, 0.15) is 11.4 Å². The summed E-state index contributed by atoms with van der Waals surface area (Å²) in [5.41, 5.74) is 0.395. The van der Waals surface area contributed by atoms with Gasteiger partial charge in [0.05, 0.1) is 39.0 Å². The number of primary sulfonamides is 1. The molecule has 4 aromatic carbocycles. The van der Waals surface area contributed by atoms with Crippen LogP contribution in [0.25, 0.3) is 11.4 Å². The minimum absolute atomic E-state index is 0. The van der Waals surface area contributed by atoms with E-state index in [9.17, 15) is 37.3 Å². The van der Waals surface area contributed by atoms with E-state index in [-0.39, 0.29) is 79.7 Å². The second-order valence-electron chi connectivity index (χ2n) is 11.0. The summed E-state index contributed by atoms with van der Waals surface area (Å²) in [6, 6.07) is 19.1. The first kappa shape index (κ1) is 46.0. The van der Waals surface area contributed by atoms with Crippen LogP contribution < -0.4 is 55.6 Å². The summed E-state index contributed by atoms with van der Waals surface area (Å²) >= 11 is 11.9. The van der Waals surface area contributed by atoms with Crippen LogP contribution in [0.2, 0.25) is 10.0 Å². The van der Waals surface area contributed by atoms with Crippen molar-refractivity contribution < 1.29 is 78.8 Å². The number of hydrogen-bond acceptors (Lipinski definition) is 14.